The second-order valence-electron chi connectivity index (χ2n) is 6.65. The summed E-state index contributed by atoms with van der Waals surface area (Å²) >= 11 is 6.14. The van der Waals surface area contributed by atoms with Gasteiger partial charge >= 0.3 is 0 Å². The molecule has 2 aromatic heterocycles. The standard InChI is InChI=1S/C22H16ClN3O4/c23-15-3-1-4-16(10-15)26-18(11-17(25-26)19-5-2-8-28-19)22(27)24-12-14-6-7-20-21(9-14)30-13-29-20/h1-11H,12-13H2,(H,24,27). The van der Waals surface area contributed by atoms with Crippen LogP contribution in [-0.4, -0.2) is 22.5 Å². The van der Waals surface area contributed by atoms with E-state index in [1.165, 1.54) is 0 Å². The second kappa shape index (κ2) is 7.61. The van der Waals surface area contributed by atoms with Crippen molar-refractivity contribution in [2.45, 2.75) is 6.54 Å². The molecule has 0 unspecified atom stereocenters. The number of ether oxygens (including phenoxy) is 2. The van der Waals surface area contributed by atoms with Crippen LogP contribution in [0.4, 0.5) is 0 Å². The number of rotatable bonds is 5. The fourth-order valence-electron chi connectivity index (χ4n) is 3.22. The van der Waals surface area contributed by atoms with Gasteiger partial charge in [-0.25, -0.2) is 4.68 Å². The number of benzene rings is 2. The van der Waals surface area contributed by atoms with Gasteiger partial charge in [0.05, 0.1) is 12.0 Å². The Morgan fingerprint density at radius 2 is 1.97 bits per heavy atom. The number of nitrogens with zero attached hydrogens (tertiary/aromatic N) is 2. The van der Waals surface area contributed by atoms with Gasteiger partial charge in [-0.05, 0) is 48.0 Å². The Hall–Kier alpha value is -3.71. The van der Waals surface area contributed by atoms with Crippen LogP contribution >= 0.6 is 11.6 Å². The van der Waals surface area contributed by atoms with Crippen LogP contribution in [0.5, 0.6) is 11.5 Å². The number of carbonyl (C=O) groups excluding carboxylic acids is 1. The molecular formula is C22H16ClN3O4. The van der Waals surface area contributed by atoms with Gasteiger partial charge in [-0.1, -0.05) is 23.7 Å². The quantitative estimate of drug-likeness (QED) is 0.515. The molecule has 1 N–H and O–H groups in total. The molecule has 0 radical (unpaired) electrons. The lowest BCUT2D eigenvalue weighted by molar-refractivity contribution is 0.0943. The topological polar surface area (TPSA) is 78.5 Å². The van der Waals surface area contributed by atoms with Crippen molar-refractivity contribution >= 4 is 17.5 Å². The van der Waals surface area contributed by atoms with Crippen LogP contribution < -0.4 is 14.8 Å². The molecule has 8 heteroatoms. The molecule has 0 spiro atoms. The number of furan rings is 1. The summed E-state index contributed by atoms with van der Waals surface area (Å²) in [6.45, 7) is 0.534. The van der Waals surface area contributed by atoms with Crippen molar-refractivity contribution < 1.29 is 18.7 Å². The largest absolute Gasteiger partial charge is 0.463 e. The zero-order valence-electron chi connectivity index (χ0n) is 15.7. The van der Waals surface area contributed by atoms with Crippen LogP contribution in [0.15, 0.2) is 71.3 Å². The molecule has 0 saturated carbocycles. The summed E-state index contributed by atoms with van der Waals surface area (Å²) in [7, 11) is 0. The van der Waals surface area contributed by atoms with E-state index in [-0.39, 0.29) is 12.7 Å². The number of halogens is 1. The molecule has 5 rings (SSSR count). The monoisotopic (exact) mass is 421 g/mol. The molecule has 0 bridgehead atoms. The van der Waals surface area contributed by atoms with Crippen LogP contribution in [0.2, 0.25) is 5.02 Å². The van der Waals surface area contributed by atoms with Gasteiger partial charge in [0.1, 0.15) is 11.4 Å². The molecule has 0 saturated heterocycles. The van der Waals surface area contributed by atoms with E-state index < -0.39 is 0 Å². The summed E-state index contributed by atoms with van der Waals surface area (Å²) in [5, 5.41) is 8.03. The number of carbonyl (C=O) groups is 1. The molecule has 4 aromatic rings. The molecular weight excluding hydrogens is 406 g/mol. The first kappa shape index (κ1) is 18.3. The van der Waals surface area contributed by atoms with Crippen molar-refractivity contribution in [3.05, 3.63) is 83.2 Å². The number of hydrogen-bond acceptors (Lipinski definition) is 5. The minimum atomic E-state index is -0.280. The van der Waals surface area contributed by atoms with Gasteiger partial charge in [-0.15, -0.1) is 0 Å². The van der Waals surface area contributed by atoms with Gasteiger partial charge in [0, 0.05) is 17.6 Å². The van der Waals surface area contributed by atoms with Crippen LogP contribution in [0, 0.1) is 0 Å². The van der Waals surface area contributed by atoms with Crippen LogP contribution in [0.25, 0.3) is 17.1 Å². The van der Waals surface area contributed by atoms with E-state index in [1.54, 1.807) is 47.3 Å². The Balaban J connectivity index is 1.44. The molecule has 0 aliphatic carbocycles. The average molecular weight is 422 g/mol. The third-order valence-corrected chi connectivity index (χ3v) is 4.89. The van der Waals surface area contributed by atoms with Gasteiger partial charge < -0.3 is 19.2 Å². The van der Waals surface area contributed by atoms with Crippen molar-refractivity contribution in [3.63, 3.8) is 0 Å². The number of nitrogens with one attached hydrogen (secondary N) is 1. The molecule has 0 fully saturated rings. The Labute approximate surface area is 176 Å². The third-order valence-electron chi connectivity index (χ3n) is 4.66. The molecule has 3 heterocycles. The fourth-order valence-corrected chi connectivity index (χ4v) is 3.40. The molecule has 0 atom stereocenters. The average Bonchev–Trinajstić information content (AvgIpc) is 3.51. The Bertz CT molecular complexity index is 1220. The molecule has 150 valence electrons. The molecule has 1 aliphatic heterocycles. The fraction of sp³-hybridized carbons (Fsp3) is 0.0909. The van der Waals surface area contributed by atoms with E-state index in [2.05, 4.69) is 10.4 Å². The van der Waals surface area contributed by atoms with E-state index >= 15 is 0 Å². The SMILES string of the molecule is O=C(NCc1ccc2c(c1)OCO2)c1cc(-c2ccco2)nn1-c1cccc(Cl)c1. The van der Waals surface area contributed by atoms with E-state index in [0.29, 0.717) is 45.9 Å². The summed E-state index contributed by atoms with van der Waals surface area (Å²) in [5.74, 6) is 1.66. The predicted octanol–water partition coefficient (Wildman–Crippen LogP) is 4.44. The zero-order chi connectivity index (χ0) is 20.5. The number of aromatic nitrogens is 2. The Morgan fingerprint density at radius 3 is 2.80 bits per heavy atom. The van der Waals surface area contributed by atoms with Crippen molar-refractivity contribution in [3.8, 4) is 28.6 Å². The van der Waals surface area contributed by atoms with Gasteiger partial charge in [-0.2, -0.15) is 5.10 Å². The molecule has 30 heavy (non-hydrogen) atoms. The summed E-state index contributed by atoms with van der Waals surface area (Å²) in [5.41, 5.74) is 2.49. The molecule has 7 nitrogen and oxygen atoms in total. The highest BCUT2D eigenvalue weighted by atomic mass is 35.5. The lowest BCUT2D eigenvalue weighted by Gasteiger charge is -2.09. The maximum absolute atomic E-state index is 13.0. The van der Waals surface area contributed by atoms with Crippen LogP contribution in [0.1, 0.15) is 16.1 Å². The molecule has 1 amide bonds. The van der Waals surface area contributed by atoms with Crippen molar-refractivity contribution in [2.24, 2.45) is 0 Å². The number of fused-ring (bicyclic) bond motifs is 1. The Kier molecular flexibility index (Phi) is 4.65. The van der Waals surface area contributed by atoms with Gasteiger partial charge in [0.25, 0.3) is 5.91 Å². The molecule has 1 aliphatic rings. The first-order chi connectivity index (χ1) is 14.7. The van der Waals surface area contributed by atoms with Gasteiger partial charge in [0.2, 0.25) is 6.79 Å². The lowest BCUT2D eigenvalue weighted by Crippen LogP contribution is -2.25. The van der Waals surface area contributed by atoms with E-state index in [4.69, 9.17) is 25.5 Å². The minimum absolute atomic E-state index is 0.208. The highest BCUT2D eigenvalue weighted by Gasteiger charge is 2.19. The third kappa shape index (κ3) is 3.51. The summed E-state index contributed by atoms with van der Waals surface area (Å²) in [6, 6.07) is 18.0. The zero-order valence-corrected chi connectivity index (χ0v) is 16.4. The smallest absolute Gasteiger partial charge is 0.270 e. The van der Waals surface area contributed by atoms with Crippen molar-refractivity contribution in [1.29, 1.82) is 0 Å². The maximum atomic E-state index is 13.0. The van der Waals surface area contributed by atoms with Crippen molar-refractivity contribution in [1.82, 2.24) is 15.1 Å². The van der Waals surface area contributed by atoms with E-state index in [9.17, 15) is 4.79 Å². The summed E-state index contributed by atoms with van der Waals surface area (Å²) in [4.78, 5) is 13.0. The minimum Gasteiger partial charge on any atom is -0.463 e. The van der Waals surface area contributed by atoms with Gasteiger partial charge in [-0.3, -0.25) is 4.79 Å². The normalized spacial score (nSPS) is 12.2. The highest BCUT2D eigenvalue weighted by molar-refractivity contribution is 6.30. The summed E-state index contributed by atoms with van der Waals surface area (Å²) < 4.78 is 17.7. The molecule has 2 aromatic carbocycles. The van der Waals surface area contributed by atoms with E-state index in [1.807, 2.05) is 24.3 Å². The van der Waals surface area contributed by atoms with E-state index in [0.717, 1.165) is 5.56 Å². The van der Waals surface area contributed by atoms with Crippen LogP contribution in [-0.2, 0) is 6.54 Å². The predicted molar refractivity (Wildman–Crippen MR) is 110 cm³/mol. The first-order valence-corrected chi connectivity index (χ1v) is 9.62. The summed E-state index contributed by atoms with van der Waals surface area (Å²) in [6.07, 6.45) is 1.56. The lowest BCUT2D eigenvalue weighted by atomic mass is 10.2. The number of hydrogen-bond donors (Lipinski definition) is 1. The number of amides is 1. The van der Waals surface area contributed by atoms with Gasteiger partial charge in [0.15, 0.2) is 17.3 Å². The second-order valence-corrected chi connectivity index (χ2v) is 7.09. The Morgan fingerprint density at radius 1 is 1.07 bits per heavy atom. The highest BCUT2D eigenvalue weighted by Crippen LogP contribution is 2.32. The van der Waals surface area contributed by atoms with Crippen molar-refractivity contribution in [2.75, 3.05) is 6.79 Å². The maximum Gasteiger partial charge on any atom is 0.270 e. The first-order valence-electron chi connectivity index (χ1n) is 9.24. The van der Waals surface area contributed by atoms with Crippen LogP contribution in [0.3, 0.4) is 0 Å².